The van der Waals surface area contributed by atoms with Crippen LogP contribution in [0.3, 0.4) is 0 Å². The molecule has 2 amide bonds. The molecule has 3 N–H and O–H groups in total. The van der Waals surface area contributed by atoms with Crippen LogP contribution in [0.1, 0.15) is 12.5 Å². The summed E-state index contributed by atoms with van der Waals surface area (Å²) in [6, 6.07) is 13.4. The Balaban J connectivity index is 1.65. The number of fused-ring (bicyclic) bond motifs is 1. The molecular weight excluding hydrogens is 360 g/mol. The van der Waals surface area contributed by atoms with Crippen molar-refractivity contribution in [3.63, 3.8) is 0 Å². The van der Waals surface area contributed by atoms with E-state index in [4.69, 9.17) is 0 Å². The van der Waals surface area contributed by atoms with Gasteiger partial charge in [-0.1, -0.05) is 6.07 Å². The van der Waals surface area contributed by atoms with Gasteiger partial charge in [-0.25, -0.2) is 4.98 Å². The Bertz CT molecular complexity index is 966. The third-order valence-corrected chi connectivity index (χ3v) is 5.25. The maximum atomic E-state index is 12.2. The molecule has 6 nitrogen and oxygen atoms in total. The molecule has 0 saturated carbocycles. The number of anilines is 1. The monoisotopic (exact) mass is 382 g/mol. The molecule has 0 aliphatic rings. The smallest absolute Gasteiger partial charge is 0.241 e. The van der Waals surface area contributed by atoms with Crippen LogP contribution in [0.25, 0.3) is 20.8 Å². The molecule has 0 spiro atoms. The van der Waals surface area contributed by atoms with Crippen molar-refractivity contribution >= 4 is 39.1 Å². The van der Waals surface area contributed by atoms with Crippen molar-refractivity contribution in [3.8, 4) is 10.6 Å². The summed E-state index contributed by atoms with van der Waals surface area (Å²) in [4.78, 5) is 28.1. The molecule has 3 aromatic rings. The highest BCUT2D eigenvalue weighted by Gasteiger charge is 2.14. The first kappa shape index (κ1) is 19.0. The first-order valence-corrected chi connectivity index (χ1v) is 9.50. The summed E-state index contributed by atoms with van der Waals surface area (Å²) in [6.45, 7) is 3.89. The highest BCUT2D eigenvalue weighted by molar-refractivity contribution is 7.21. The molecule has 0 unspecified atom stereocenters. The summed E-state index contributed by atoms with van der Waals surface area (Å²) in [5.41, 5.74) is 3.93. The predicted octanol–water partition coefficient (Wildman–Crippen LogP) is 2.93. The van der Waals surface area contributed by atoms with Gasteiger partial charge >= 0.3 is 0 Å². The molecule has 1 aromatic heterocycles. The molecule has 0 bridgehead atoms. The zero-order valence-corrected chi connectivity index (χ0v) is 16.3. The van der Waals surface area contributed by atoms with Crippen LogP contribution in [0.4, 0.5) is 5.69 Å². The van der Waals surface area contributed by atoms with Crippen molar-refractivity contribution in [2.75, 3.05) is 18.9 Å². The second-order valence-electron chi connectivity index (χ2n) is 6.33. The van der Waals surface area contributed by atoms with Gasteiger partial charge in [0.15, 0.2) is 0 Å². The topological polar surface area (TPSA) is 83.1 Å². The summed E-state index contributed by atoms with van der Waals surface area (Å²) in [6.07, 6.45) is 0. The van der Waals surface area contributed by atoms with E-state index in [1.165, 1.54) is 10.3 Å². The summed E-state index contributed by atoms with van der Waals surface area (Å²) in [5, 5.41) is 9.18. The minimum atomic E-state index is -0.477. The van der Waals surface area contributed by atoms with Crippen molar-refractivity contribution in [3.05, 3.63) is 48.0 Å². The van der Waals surface area contributed by atoms with Crippen LogP contribution >= 0.6 is 11.3 Å². The van der Waals surface area contributed by atoms with E-state index in [1.807, 2.05) is 30.3 Å². The highest BCUT2D eigenvalue weighted by atomic mass is 32.1. The number of aromatic nitrogens is 1. The van der Waals surface area contributed by atoms with Gasteiger partial charge in [0.2, 0.25) is 11.8 Å². The first-order valence-electron chi connectivity index (χ1n) is 8.68. The number of benzene rings is 2. The van der Waals surface area contributed by atoms with Gasteiger partial charge in [-0.3, -0.25) is 14.9 Å². The largest absolute Gasteiger partial charge is 0.358 e. The highest BCUT2D eigenvalue weighted by Crippen LogP contribution is 2.31. The Labute approximate surface area is 162 Å². The number of amides is 2. The number of likely N-dealkylation sites (N-methyl/N-ethyl adjacent to an activating group) is 1. The van der Waals surface area contributed by atoms with Crippen molar-refractivity contribution in [1.29, 1.82) is 0 Å². The number of carbonyl (C=O) groups is 2. The van der Waals surface area contributed by atoms with Gasteiger partial charge in [-0.15, -0.1) is 11.3 Å². The lowest BCUT2D eigenvalue weighted by Gasteiger charge is -2.13. The van der Waals surface area contributed by atoms with E-state index in [1.54, 1.807) is 25.3 Å². The lowest BCUT2D eigenvalue weighted by Crippen LogP contribution is -2.42. The van der Waals surface area contributed by atoms with Crippen LogP contribution in [-0.4, -0.2) is 36.4 Å². The zero-order chi connectivity index (χ0) is 19.4. The molecule has 0 aliphatic carbocycles. The normalized spacial score (nSPS) is 12.0. The summed E-state index contributed by atoms with van der Waals surface area (Å²) >= 11 is 1.65. The molecule has 1 heterocycles. The third kappa shape index (κ3) is 4.69. The van der Waals surface area contributed by atoms with E-state index in [9.17, 15) is 9.59 Å². The summed E-state index contributed by atoms with van der Waals surface area (Å²) < 4.78 is 1.17. The number of carbonyl (C=O) groups excluding carboxylic acids is 2. The number of nitrogens with one attached hydrogen (secondary N) is 3. The van der Waals surface area contributed by atoms with Gasteiger partial charge in [-0.2, -0.15) is 0 Å². The quantitative estimate of drug-likeness (QED) is 0.612. The molecule has 3 rings (SSSR count). The van der Waals surface area contributed by atoms with Gasteiger partial charge in [0.25, 0.3) is 0 Å². The Morgan fingerprint density at radius 1 is 1.15 bits per heavy atom. The predicted molar refractivity (Wildman–Crippen MR) is 110 cm³/mol. The molecule has 0 saturated heterocycles. The minimum Gasteiger partial charge on any atom is -0.358 e. The van der Waals surface area contributed by atoms with Gasteiger partial charge in [0.05, 0.1) is 22.8 Å². The van der Waals surface area contributed by atoms with Crippen LogP contribution in [0.5, 0.6) is 0 Å². The standard InChI is InChI=1S/C20H22N4O2S/c1-12-4-9-16-17(10-12)27-20(24-16)14-5-7-15(8-6-14)23-19(26)13(2)22-11-18(25)21-3/h4-10,13,22H,11H2,1-3H3,(H,21,25)(H,23,26)/t13-/m0/s1. The van der Waals surface area contributed by atoms with E-state index in [2.05, 4.69) is 40.0 Å². The number of rotatable bonds is 6. The van der Waals surface area contributed by atoms with E-state index < -0.39 is 6.04 Å². The van der Waals surface area contributed by atoms with Crippen LogP contribution in [-0.2, 0) is 9.59 Å². The van der Waals surface area contributed by atoms with E-state index in [0.717, 1.165) is 16.1 Å². The molecule has 0 radical (unpaired) electrons. The Kier molecular flexibility index (Phi) is 5.83. The molecule has 0 aliphatic heterocycles. The lowest BCUT2D eigenvalue weighted by molar-refractivity contribution is -0.120. The van der Waals surface area contributed by atoms with Crippen LogP contribution in [0.2, 0.25) is 0 Å². The Morgan fingerprint density at radius 2 is 1.89 bits per heavy atom. The Morgan fingerprint density at radius 3 is 2.59 bits per heavy atom. The van der Waals surface area contributed by atoms with E-state index in [-0.39, 0.29) is 18.4 Å². The third-order valence-electron chi connectivity index (χ3n) is 4.18. The second-order valence-corrected chi connectivity index (χ2v) is 7.36. The van der Waals surface area contributed by atoms with Gasteiger partial charge in [0.1, 0.15) is 5.01 Å². The van der Waals surface area contributed by atoms with Crippen molar-refractivity contribution in [2.24, 2.45) is 0 Å². The average molecular weight is 382 g/mol. The molecule has 140 valence electrons. The molecule has 1 atom stereocenters. The number of nitrogens with zero attached hydrogens (tertiary/aromatic N) is 1. The fraction of sp³-hybridized carbons (Fsp3) is 0.250. The molecule has 27 heavy (non-hydrogen) atoms. The second kappa shape index (κ2) is 8.28. The maximum absolute atomic E-state index is 12.2. The molecule has 7 heteroatoms. The van der Waals surface area contributed by atoms with Crippen molar-refractivity contribution in [1.82, 2.24) is 15.6 Å². The van der Waals surface area contributed by atoms with Gasteiger partial charge in [0, 0.05) is 18.3 Å². The van der Waals surface area contributed by atoms with Crippen LogP contribution in [0.15, 0.2) is 42.5 Å². The van der Waals surface area contributed by atoms with Crippen LogP contribution in [0, 0.1) is 6.92 Å². The molecular formula is C20H22N4O2S. The Hall–Kier alpha value is -2.77. The SMILES string of the molecule is CNC(=O)CN[C@@H](C)C(=O)Nc1ccc(-c2nc3ccc(C)cc3s2)cc1. The number of hydrogen-bond donors (Lipinski definition) is 3. The molecule has 0 fully saturated rings. The summed E-state index contributed by atoms with van der Waals surface area (Å²) in [7, 11) is 1.56. The minimum absolute atomic E-state index is 0.0983. The van der Waals surface area contributed by atoms with E-state index in [0.29, 0.717) is 5.69 Å². The number of aryl methyl sites for hydroxylation is 1. The lowest BCUT2D eigenvalue weighted by atomic mass is 10.2. The fourth-order valence-electron chi connectivity index (χ4n) is 2.53. The first-order chi connectivity index (χ1) is 13.0. The molecule has 2 aromatic carbocycles. The summed E-state index contributed by atoms with van der Waals surface area (Å²) in [5.74, 6) is -0.354. The van der Waals surface area contributed by atoms with E-state index >= 15 is 0 Å². The van der Waals surface area contributed by atoms with Gasteiger partial charge in [-0.05, 0) is 55.8 Å². The maximum Gasteiger partial charge on any atom is 0.241 e. The van der Waals surface area contributed by atoms with Crippen LogP contribution < -0.4 is 16.0 Å². The average Bonchev–Trinajstić information content (AvgIpc) is 3.09. The van der Waals surface area contributed by atoms with Crippen molar-refractivity contribution < 1.29 is 9.59 Å². The fourth-order valence-corrected chi connectivity index (χ4v) is 3.60. The van der Waals surface area contributed by atoms with Gasteiger partial charge < -0.3 is 10.6 Å². The zero-order valence-electron chi connectivity index (χ0n) is 15.5. The number of thiazole rings is 1. The number of hydrogen-bond acceptors (Lipinski definition) is 5. The van der Waals surface area contributed by atoms with Crippen molar-refractivity contribution in [2.45, 2.75) is 19.9 Å².